The smallest absolute Gasteiger partial charge is 0.324 e. The fourth-order valence-electron chi connectivity index (χ4n) is 3.64. The van der Waals surface area contributed by atoms with Gasteiger partial charge in [-0.15, -0.1) is 35.9 Å². The largest absolute Gasteiger partial charge is 0.507 e. The number of para-hydroxylation sites is 1. The molecule has 0 bridgehead atoms. The summed E-state index contributed by atoms with van der Waals surface area (Å²) < 4.78 is 5.53. The highest BCUT2D eigenvalue weighted by Gasteiger charge is 2.43. The summed E-state index contributed by atoms with van der Waals surface area (Å²) in [7, 11) is 1.95. The lowest BCUT2D eigenvalue weighted by Gasteiger charge is -2.26. The number of terminal acetylenes is 1. The molecule has 7 nitrogen and oxygen atoms in total. The van der Waals surface area contributed by atoms with Crippen LogP contribution in [0.2, 0.25) is 0 Å². The molecule has 0 aromatic heterocycles. The molecule has 0 amide bonds. The molecule has 158 valence electrons. The zero-order valence-corrected chi connectivity index (χ0v) is 18.4. The summed E-state index contributed by atoms with van der Waals surface area (Å²) in [6, 6.07) is 7.03. The number of carbonyl (C=O) groups excluding carboxylic acids is 1. The number of likely N-dealkylation sites (N-methyl/N-ethyl adjacent to an activating group) is 1. The van der Waals surface area contributed by atoms with Crippen LogP contribution in [0, 0.1) is 12.3 Å². The summed E-state index contributed by atoms with van der Waals surface area (Å²) >= 11 is 3.38. The molecule has 1 aromatic carbocycles. The molecule has 3 aliphatic rings. The second-order valence-corrected chi connectivity index (χ2v) is 9.70. The summed E-state index contributed by atoms with van der Waals surface area (Å²) in [6.45, 7) is 0.297. The van der Waals surface area contributed by atoms with Gasteiger partial charge in [-0.1, -0.05) is 12.1 Å². The molecule has 1 saturated heterocycles. The van der Waals surface area contributed by atoms with Crippen molar-refractivity contribution in [3.05, 3.63) is 29.8 Å². The molecule has 4 rings (SSSR count). The number of phenols is 1. The van der Waals surface area contributed by atoms with Gasteiger partial charge in [0.25, 0.3) is 0 Å². The highest BCUT2D eigenvalue weighted by molar-refractivity contribution is 8.14. The van der Waals surface area contributed by atoms with Crippen LogP contribution in [0.4, 0.5) is 0 Å². The number of aliphatic imine (C=N–C) groups is 1. The van der Waals surface area contributed by atoms with Crippen molar-refractivity contribution in [3.8, 4) is 18.1 Å². The number of hydrogen-bond donors (Lipinski definition) is 1. The monoisotopic (exact) mass is 444 g/mol. The minimum atomic E-state index is -0.430. The Morgan fingerprint density at radius 3 is 2.90 bits per heavy atom. The zero-order valence-electron chi connectivity index (χ0n) is 16.7. The minimum absolute atomic E-state index is 0.0634. The van der Waals surface area contributed by atoms with Gasteiger partial charge in [-0.05, 0) is 19.2 Å². The van der Waals surface area contributed by atoms with Crippen LogP contribution in [0.5, 0.6) is 5.75 Å². The van der Waals surface area contributed by atoms with E-state index in [1.807, 2.05) is 19.2 Å². The molecule has 1 N–H and O–H groups in total. The Morgan fingerprint density at radius 2 is 2.17 bits per heavy atom. The Kier molecular flexibility index (Phi) is 6.37. The lowest BCUT2D eigenvalue weighted by molar-refractivity contribution is -0.148. The van der Waals surface area contributed by atoms with E-state index in [1.54, 1.807) is 35.7 Å². The van der Waals surface area contributed by atoms with Gasteiger partial charge in [-0.2, -0.15) is 10.2 Å². The maximum atomic E-state index is 12.6. The lowest BCUT2D eigenvalue weighted by Crippen LogP contribution is -2.43. The summed E-state index contributed by atoms with van der Waals surface area (Å²) in [5, 5.41) is 19.2. The van der Waals surface area contributed by atoms with Crippen molar-refractivity contribution in [3.63, 3.8) is 0 Å². The Labute approximate surface area is 184 Å². The van der Waals surface area contributed by atoms with Gasteiger partial charge < -0.3 is 9.84 Å². The van der Waals surface area contributed by atoms with Gasteiger partial charge in [-0.25, -0.2) is 0 Å². The molecule has 1 fully saturated rings. The van der Waals surface area contributed by atoms with Crippen molar-refractivity contribution >= 4 is 34.5 Å². The molecule has 0 unspecified atom stereocenters. The number of hydrogen-bond acceptors (Lipinski definition) is 9. The number of phenolic OH excluding ortho intramolecular Hbond substituents is 1. The summed E-state index contributed by atoms with van der Waals surface area (Å²) in [6.07, 6.45) is 7.21. The molecule has 9 heteroatoms. The van der Waals surface area contributed by atoms with Crippen molar-refractivity contribution in [1.29, 1.82) is 0 Å². The molecule has 0 radical (unpaired) electrons. The molecule has 3 atom stereocenters. The van der Waals surface area contributed by atoms with E-state index in [4.69, 9.17) is 16.2 Å². The predicted molar refractivity (Wildman–Crippen MR) is 120 cm³/mol. The van der Waals surface area contributed by atoms with Crippen LogP contribution >= 0.6 is 23.5 Å². The highest BCUT2D eigenvalue weighted by atomic mass is 32.2. The van der Waals surface area contributed by atoms with Gasteiger partial charge in [0.05, 0.1) is 18.0 Å². The topological polar surface area (TPSA) is 86.9 Å². The van der Waals surface area contributed by atoms with Crippen molar-refractivity contribution in [2.24, 2.45) is 15.2 Å². The maximum Gasteiger partial charge on any atom is 0.324 e. The van der Waals surface area contributed by atoms with Crippen LogP contribution in [0.3, 0.4) is 0 Å². The molecular weight excluding hydrogens is 420 g/mol. The standard InChI is InChI=1S/C21H24N4O3S2/c1-3-4-9-21(23-24-21)10-11-28-20(27)16-13-30-19(25(16)2)15-12-29-18(22-15)14-7-5-6-8-17(14)26/h1,5-8,15-16,19,26H,4,9-13H2,2H3/t15-,16+,19-/m0/s1. The SMILES string of the molecule is C#CCCC1(CCOC(=O)[C@H]2CS[C@@H]([C@@H]3CSC(c4ccccc4O)=N3)N2C)N=N1. The summed E-state index contributed by atoms with van der Waals surface area (Å²) in [5.41, 5.74) is 0.335. The lowest BCUT2D eigenvalue weighted by atomic mass is 10.1. The first-order valence-electron chi connectivity index (χ1n) is 9.90. The molecule has 30 heavy (non-hydrogen) atoms. The van der Waals surface area contributed by atoms with E-state index in [1.165, 1.54) is 0 Å². The van der Waals surface area contributed by atoms with E-state index in [0.29, 0.717) is 31.6 Å². The van der Waals surface area contributed by atoms with E-state index in [0.717, 1.165) is 16.4 Å². The zero-order chi connectivity index (χ0) is 21.1. The quantitative estimate of drug-likeness (QED) is 0.490. The molecule has 1 aromatic rings. The third-order valence-corrected chi connectivity index (χ3v) is 8.13. The van der Waals surface area contributed by atoms with Gasteiger partial charge in [0.1, 0.15) is 16.8 Å². The van der Waals surface area contributed by atoms with Crippen LogP contribution in [-0.2, 0) is 9.53 Å². The molecule has 0 saturated carbocycles. The van der Waals surface area contributed by atoms with Crippen LogP contribution in [0.25, 0.3) is 0 Å². The average Bonchev–Trinajstić information content (AvgIpc) is 3.15. The van der Waals surface area contributed by atoms with Crippen LogP contribution in [0.1, 0.15) is 24.8 Å². The van der Waals surface area contributed by atoms with Gasteiger partial charge in [0, 0.05) is 36.3 Å². The molecule has 3 heterocycles. The second-order valence-electron chi connectivity index (χ2n) is 7.54. The maximum absolute atomic E-state index is 12.6. The molecule has 3 aliphatic heterocycles. The van der Waals surface area contributed by atoms with Gasteiger partial charge in [0.2, 0.25) is 0 Å². The molecule has 0 aliphatic carbocycles. The first-order chi connectivity index (χ1) is 14.5. The first kappa shape index (κ1) is 21.2. The minimum Gasteiger partial charge on any atom is -0.507 e. The third kappa shape index (κ3) is 4.51. The second kappa shape index (κ2) is 9.00. The molecule has 0 spiro atoms. The number of carbonyl (C=O) groups is 1. The van der Waals surface area contributed by atoms with Gasteiger partial charge >= 0.3 is 5.97 Å². The van der Waals surface area contributed by atoms with Crippen molar-refractivity contribution in [2.45, 2.75) is 42.4 Å². The Morgan fingerprint density at radius 1 is 1.37 bits per heavy atom. The number of thioether (sulfide) groups is 2. The van der Waals surface area contributed by atoms with Crippen LogP contribution in [0.15, 0.2) is 39.5 Å². The fraction of sp³-hybridized carbons (Fsp3) is 0.524. The van der Waals surface area contributed by atoms with E-state index in [-0.39, 0.29) is 29.2 Å². The number of nitrogens with zero attached hydrogens (tertiary/aromatic N) is 4. The number of benzene rings is 1. The number of esters is 1. The molecular formula is C21H24N4O3S2. The van der Waals surface area contributed by atoms with E-state index in [2.05, 4.69) is 21.0 Å². The van der Waals surface area contributed by atoms with Crippen LogP contribution < -0.4 is 0 Å². The van der Waals surface area contributed by atoms with Crippen LogP contribution in [-0.4, -0.2) is 69.3 Å². The number of rotatable bonds is 8. The Balaban J connectivity index is 1.30. The summed E-state index contributed by atoms with van der Waals surface area (Å²) in [5.74, 6) is 4.14. The normalized spacial score (nSPS) is 26.9. The fourth-order valence-corrected chi connectivity index (χ4v) is 6.39. The number of aromatic hydroxyl groups is 1. The number of ether oxygens (including phenoxy) is 1. The third-order valence-electron chi connectivity index (χ3n) is 5.53. The van der Waals surface area contributed by atoms with Crippen molar-refractivity contribution < 1.29 is 14.6 Å². The van der Waals surface area contributed by atoms with Crippen molar-refractivity contribution in [1.82, 2.24) is 4.90 Å². The highest BCUT2D eigenvalue weighted by Crippen LogP contribution is 2.39. The average molecular weight is 445 g/mol. The van der Waals surface area contributed by atoms with Gasteiger partial charge in [-0.3, -0.25) is 14.7 Å². The van der Waals surface area contributed by atoms with Crippen molar-refractivity contribution in [2.75, 3.05) is 25.2 Å². The first-order valence-corrected chi connectivity index (χ1v) is 11.9. The predicted octanol–water partition coefficient (Wildman–Crippen LogP) is 3.14. The van der Waals surface area contributed by atoms with E-state index in [9.17, 15) is 9.90 Å². The summed E-state index contributed by atoms with van der Waals surface area (Å²) in [4.78, 5) is 19.5. The van der Waals surface area contributed by atoms with E-state index >= 15 is 0 Å². The Hall–Kier alpha value is -2.02. The Bertz CT molecular complexity index is 908. The van der Waals surface area contributed by atoms with E-state index < -0.39 is 5.66 Å². The van der Waals surface area contributed by atoms with Gasteiger partial charge in [0.15, 0.2) is 5.66 Å².